The fourth-order valence-corrected chi connectivity index (χ4v) is 2.73. The molecule has 0 unspecified atom stereocenters. The molecule has 0 amide bonds. The van der Waals surface area contributed by atoms with Crippen molar-refractivity contribution in [3.63, 3.8) is 0 Å². The van der Waals surface area contributed by atoms with Gasteiger partial charge in [-0.05, 0) is 30.3 Å². The zero-order valence-electron chi connectivity index (χ0n) is 12.6. The molecule has 0 atom stereocenters. The van der Waals surface area contributed by atoms with E-state index in [2.05, 4.69) is 0 Å². The van der Waals surface area contributed by atoms with Gasteiger partial charge in [0, 0.05) is 22.6 Å². The molecule has 6 nitrogen and oxygen atoms in total. The van der Waals surface area contributed by atoms with Crippen LogP contribution in [0.15, 0.2) is 47.4 Å². The van der Waals surface area contributed by atoms with Crippen LogP contribution >= 0.6 is 11.8 Å². The summed E-state index contributed by atoms with van der Waals surface area (Å²) in [6, 6.07) is 11.0. The van der Waals surface area contributed by atoms with Crippen molar-refractivity contribution in [1.29, 1.82) is 0 Å². The third-order valence-corrected chi connectivity index (χ3v) is 4.12. The molecule has 2 rings (SSSR count). The van der Waals surface area contributed by atoms with Crippen LogP contribution in [0.25, 0.3) is 0 Å². The molecule has 23 heavy (non-hydrogen) atoms. The van der Waals surface area contributed by atoms with Gasteiger partial charge in [0.25, 0.3) is 5.69 Å². The zero-order chi connectivity index (χ0) is 16.8. The van der Waals surface area contributed by atoms with Gasteiger partial charge in [0.2, 0.25) is 0 Å². The Morgan fingerprint density at radius 1 is 1.09 bits per heavy atom. The largest absolute Gasteiger partial charge is 0.493 e. The maximum absolute atomic E-state index is 12.1. The van der Waals surface area contributed by atoms with Crippen LogP contribution in [0.2, 0.25) is 0 Å². The second-order valence-electron chi connectivity index (χ2n) is 4.53. The normalized spacial score (nSPS) is 10.2. The minimum atomic E-state index is -0.493. The second kappa shape index (κ2) is 7.64. The SMILES string of the molecule is COc1ccc(SCC(=O)c2ccc([N+](=O)[O-])cc2)cc1OC. The van der Waals surface area contributed by atoms with E-state index < -0.39 is 4.92 Å². The minimum absolute atomic E-state index is 0.0332. The van der Waals surface area contributed by atoms with Crippen molar-refractivity contribution in [2.24, 2.45) is 0 Å². The number of ketones is 1. The van der Waals surface area contributed by atoms with Crippen molar-refractivity contribution in [3.8, 4) is 11.5 Å². The highest BCUT2D eigenvalue weighted by molar-refractivity contribution is 8.00. The van der Waals surface area contributed by atoms with E-state index >= 15 is 0 Å². The quantitative estimate of drug-likeness (QED) is 0.333. The molecule has 0 radical (unpaired) electrons. The minimum Gasteiger partial charge on any atom is -0.493 e. The van der Waals surface area contributed by atoms with Crippen LogP contribution in [0, 0.1) is 10.1 Å². The zero-order valence-corrected chi connectivity index (χ0v) is 13.5. The van der Waals surface area contributed by atoms with E-state index in [1.807, 2.05) is 6.07 Å². The monoisotopic (exact) mass is 333 g/mol. The summed E-state index contributed by atoms with van der Waals surface area (Å²) < 4.78 is 10.4. The first-order valence-corrected chi connectivity index (χ1v) is 7.66. The molecule has 0 aliphatic rings. The smallest absolute Gasteiger partial charge is 0.269 e. The Hall–Kier alpha value is -2.54. The molecule has 0 fully saturated rings. The number of carbonyl (C=O) groups is 1. The van der Waals surface area contributed by atoms with Crippen molar-refractivity contribution in [3.05, 3.63) is 58.1 Å². The number of nitro groups is 1. The lowest BCUT2D eigenvalue weighted by Crippen LogP contribution is -2.02. The molecule has 0 heterocycles. The Morgan fingerprint density at radius 2 is 1.74 bits per heavy atom. The van der Waals surface area contributed by atoms with Crippen molar-refractivity contribution < 1.29 is 19.2 Å². The fourth-order valence-electron chi connectivity index (χ4n) is 1.91. The van der Waals surface area contributed by atoms with Crippen LogP contribution in [0.4, 0.5) is 5.69 Å². The summed E-state index contributed by atoms with van der Waals surface area (Å²) in [5, 5.41) is 10.6. The van der Waals surface area contributed by atoms with Gasteiger partial charge in [0.1, 0.15) is 0 Å². The summed E-state index contributed by atoms with van der Waals surface area (Å²) in [6.07, 6.45) is 0. The van der Waals surface area contributed by atoms with Gasteiger partial charge in [-0.25, -0.2) is 0 Å². The Kier molecular flexibility index (Phi) is 5.59. The molecule has 7 heteroatoms. The number of nitro benzene ring substituents is 1. The average Bonchev–Trinajstić information content (AvgIpc) is 2.59. The summed E-state index contributed by atoms with van der Waals surface area (Å²) in [5.41, 5.74) is 0.415. The number of non-ortho nitro benzene ring substituents is 1. The first-order valence-electron chi connectivity index (χ1n) is 6.67. The van der Waals surface area contributed by atoms with E-state index in [9.17, 15) is 14.9 Å². The molecule has 0 aliphatic carbocycles. The van der Waals surface area contributed by atoms with E-state index in [-0.39, 0.29) is 17.2 Å². The lowest BCUT2D eigenvalue weighted by Gasteiger charge is -2.09. The van der Waals surface area contributed by atoms with Gasteiger partial charge in [-0.3, -0.25) is 14.9 Å². The van der Waals surface area contributed by atoms with Crippen LogP contribution in [0.3, 0.4) is 0 Å². The topological polar surface area (TPSA) is 78.7 Å². The maximum atomic E-state index is 12.1. The maximum Gasteiger partial charge on any atom is 0.269 e. The number of hydrogen-bond donors (Lipinski definition) is 0. The fraction of sp³-hybridized carbons (Fsp3) is 0.188. The summed E-state index contributed by atoms with van der Waals surface area (Å²) >= 11 is 1.36. The van der Waals surface area contributed by atoms with E-state index in [1.165, 1.54) is 36.0 Å². The molecule has 0 bridgehead atoms. The highest BCUT2D eigenvalue weighted by Crippen LogP contribution is 2.32. The molecule has 2 aromatic carbocycles. The van der Waals surface area contributed by atoms with Crippen LogP contribution in [-0.4, -0.2) is 30.7 Å². The predicted octanol–water partition coefficient (Wildman–Crippen LogP) is 3.59. The summed E-state index contributed by atoms with van der Waals surface area (Å²) in [6.45, 7) is 0. The van der Waals surface area contributed by atoms with Crippen molar-refractivity contribution >= 4 is 23.2 Å². The summed E-state index contributed by atoms with van der Waals surface area (Å²) in [5.74, 6) is 1.35. The Balaban J connectivity index is 2.02. The van der Waals surface area contributed by atoms with Gasteiger partial charge in [0.15, 0.2) is 17.3 Å². The number of benzene rings is 2. The van der Waals surface area contributed by atoms with E-state index in [0.29, 0.717) is 17.1 Å². The van der Waals surface area contributed by atoms with E-state index in [0.717, 1.165) is 4.90 Å². The molecular weight excluding hydrogens is 318 g/mol. The Bertz CT molecular complexity index is 715. The number of methoxy groups -OCH3 is 2. The van der Waals surface area contributed by atoms with Crippen molar-refractivity contribution in [1.82, 2.24) is 0 Å². The van der Waals surface area contributed by atoms with Gasteiger partial charge in [-0.1, -0.05) is 0 Å². The standard InChI is InChI=1S/C16H15NO5S/c1-21-15-8-7-13(9-16(15)22-2)23-10-14(18)11-3-5-12(6-4-11)17(19)20/h3-9H,10H2,1-2H3. The van der Waals surface area contributed by atoms with Gasteiger partial charge in [0.05, 0.1) is 24.9 Å². The van der Waals surface area contributed by atoms with Crippen molar-refractivity contribution in [2.45, 2.75) is 4.90 Å². The predicted molar refractivity (Wildman–Crippen MR) is 87.7 cm³/mol. The Morgan fingerprint density at radius 3 is 2.30 bits per heavy atom. The molecular formula is C16H15NO5S. The first-order chi connectivity index (χ1) is 11.0. The third-order valence-electron chi connectivity index (χ3n) is 3.13. The van der Waals surface area contributed by atoms with Gasteiger partial charge in [-0.15, -0.1) is 11.8 Å². The number of hydrogen-bond acceptors (Lipinski definition) is 6. The molecule has 0 N–H and O–H groups in total. The number of rotatable bonds is 7. The molecule has 2 aromatic rings. The van der Waals surface area contributed by atoms with Crippen LogP contribution in [0.5, 0.6) is 11.5 Å². The number of Topliss-reactive ketones (excluding diaryl/α,β-unsaturated/α-hetero) is 1. The molecule has 0 saturated heterocycles. The molecule has 0 saturated carbocycles. The van der Waals surface area contributed by atoms with Gasteiger partial charge >= 0.3 is 0 Å². The van der Waals surface area contributed by atoms with Gasteiger partial charge in [-0.2, -0.15) is 0 Å². The molecule has 120 valence electrons. The Labute approximate surface area is 137 Å². The lowest BCUT2D eigenvalue weighted by atomic mass is 10.1. The molecule has 0 aliphatic heterocycles. The highest BCUT2D eigenvalue weighted by Gasteiger charge is 2.11. The number of nitrogens with zero attached hydrogens (tertiary/aromatic N) is 1. The number of thioether (sulfide) groups is 1. The van der Waals surface area contributed by atoms with Crippen molar-refractivity contribution in [2.75, 3.05) is 20.0 Å². The van der Waals surface area contributed by atoms with E-state index in [1.54, 1.807) is 26.4 Å². The second-order valence-corrected chi connectivity index (χ2v) is 5.58. The first kappa shape index (κ1) is 16.8. The van der Waals surface area contributed by atoms with E-state index in [4.69, 9.17) is 9.47 Å². The number of carbonyl (C=O) groups excluding carboxylic acids is 1. The summed E-state index contributed by atoms with van der Waals surface area (Å²) in [7, 11) is 3.11. The lowest BCUT2D eigenvalue weighted by molar-refractivity contribution is -0.384. The molecule has 0 aromatic heterocycles. The number of ether oxygens (including phenoxy) is 2. The van der Waals surface area contributed by atoms with Crippen LogP contribution < -0.4 is 9.47 Å². The average molecular weight is 333 g/mol. The van der Waals surface area contributed by atoms with Crippen LogP contribution in [-0.2, 0) is 0 Å². The molecule has 0 spiro atoms. The highest BCUT2D eigenvalue weighted by atomic mass is 32.2. The van der Waals surface area contributed by atoms with Crippen LogP contribution in [0.1, 0.15) is 10.4 Å². The summed E-state index contributed by atoms with van der Waals surface area (Å²) in [4.78, 5) is 23.1. The van der Waals surface area contributed by atoms with Gasteiger partial charge < -0.3 is 9.47 Å². The third kappa shape index (κ3) is 4.23.